The molecule has 202 valence electrons. The summed E-state index contributed by atoms with van der Waals surface area (Å²) < 4.78 is 0. The van der Waals surface area contributed by atoms with E-state index in [0.29, 0.717) is 0 Å². The minimum absolute atomic E-state index is 0.0208. The summed E-state index contributed by atoms with van der Waals surface area (Å²) in [7, 11) is 0. The molecule has 0 aliphatic heterocycles. The highest BCUT2D eigenvalue weighted by Gasteiger charge is 2.18. The van der Waals surface area contributed by atoms with E-state index in [9.17, 15) is 24.0 Å². The maximum atomic E-state index is 10.2. The number of rotatable bonds is 10. The molecule has 6 unspecified atom stereocenters. The summed E-state index contributed by atoms with van der Waals surface area (Å²) in [6.45, 7) is 8.64. The molecule has 34 heavy (non-hydrogen) atoms. The number of hydrogen-bond donors (Lipinski definition) is 10. The highest BCUT2D eigenvalue weighted by Crippen LogP contribution is 2.04. The average Bonchev–Trinajstić information content (AvgIpc) is 2.71. The standard InChI is InChI=1S/C6H13NO2.C5H11NO2.C4H7NO4.C4H9NO3/c1-3-4(2)5(7)6(8)9;1-3(2)4(6)5(7)8;5-2(4(8)9)1-3(6)7;1-2(6)3(5)4(7)8/h4-5H,3,7H2,1-2H3,(H,8,9);3-4H,6H2,1-2H3,(H,7,8);2H,1,5H2,(H,6,7)(H,8,9);2-3,6H,5H2,1H3,(H,7,8). The van der Waals surface area contributed by atoms with Crippen LogP contribution in [-0.4, -0.2) is 90.8 Å². The van der Waals surface area contributed by atoms with Crippen molar-refractivity contribution in [2.24, 2.45) is 34.8 Å². The Labute approximate surface area is 197 Å². The molecule has 15 nitrogen and oxygen atoms in total. The predicted molar refractivity (Wildman–Crippen MR) is 121 cm³/mol. The molecule has 0 rings (SSSR count). The summed E-state index contributed by atoms with van der Waals surface area (Å²) >= 11 is 0. The third kappa shape index (κ3) is 23.8. The monoisotopic (exact) mass is 500 g/mol. The first-order valence-corrected chi connectivity index (χ1v) is 10.1. The van der Waals surface area contributed by atoms with Crippen LogP contribution < -0.4 is 22.9 Å². The van der Waals surface area contributed by atoms with E-state index in [1.807, 2.05) is 13.8 Å². The molecule has 14 N–H and O–H groups in total. The molecule has 0 aromatic carbocycles. The van der Waals surface area contributed by atoms with Crippen LogP contribution >= 0.6 is 0 Å². The van der Waals surface area contributed by atoms with Gasteiger partial charge in [-0.2, -0.15) is 0 Å². The zero-order chi connectivity index (χ0) is 28.3. The minimum Gasteiger partial charge on any atom is -0.481 e. The lowest BCUT2D eigenvalue weighted by atomic mass is 10.0. The lowest BCUT2D eigenvalue weighted by Gasteiger charge is -2.11. The number of aliphatic hydroxyl groups is 1. The fourth-order valence-corrected chi connectivity index (χ4v) is 1.26. The van der Waals surface area contributed by atoms with Crippen molar-refractivity contribution in [3.8, 4) is 0 Å². The molecule has 6 atom stereocenters. The Morgan fingerprint density at radius 1 is 0.647 bits per heavy atom. The molecule has 0 saturated heterocycles. The van der Waals surface area contributed by atoms with Crippen LogP contribution in [0.15, 0.2) is 0 Å². The zero-order valence-corrected chi connectivity index (χ0v) is 20.0. The number of aliphatic hydroxyl groups excluding tert-OH is 1. The van der Waals surface area contributed by atoms with E-state index in [1.54, 1.807) is 13.8 Å². The molecule has 0 heterocycles. The Kier molecular flexibility index (Phi) is 23.4. The largest absolute Gasteiger partial charge is 0.481 e. The van der Waals surface area contributed by atoms with Gasteiger partial charge in [-0.3, -0.25) is 24.0 Å². The van der Waals surface area contributed by atoms with Crippen LogP contribution in [0, 0.1) is 11.8 Å². The van der Waals surface area contributed by atoms with E-state index in [4.69, 9.17) is 53.6 Å². The van der Waals surface area contributed by atoms with Crippen LogP contribution in [0.1, 0.15) is 47.5 Å². The second-order valence-electron chi connectivity index (χ2n) is 7.50. The van der Waals surface area contributed by atoms with Crippen LogP contribution in [0.2, 0.25) is 0 Å². The minimum atomic E-state index is -1.29. The average molecular weight is 501 g/mol. The smallest absolute Gasteiger partial charge is 0.323 e. The van der Waals surface area contributed by atoms with Crippen LogP contribution in [0.3, 0.4) is 0 Å². The van der Waals surface area contributed by atoms with Crippen molar-refractivity contribution >= 4 is 29.8 Å². The Morgan fingerprint density at radius 2 is 1.00 bits per heavy atom. The van der Waals surface area contributed by atoms with E-state index in [2.05, 4.69) is 0 Å². The van der Waals surface area contributed by atoms with Gasteiger partial charge in [-0.1, -0.05) is 34.1 Å². The number of hydrogen-bond acceptors (Lipinski definition) is 10. The molecular formula is C19H40N4O11. The Morgan fingerprint density at radius 3 is 1.06 bits per heavy atom. The molecular weight excluding hydrogens is 460 g/mol. The van der Waals surface area contributed by atoms with Crippen LogP contribution in [0.4, 0.5) is 0 Å². The first-order chi connectivity index (χ1) is 15.2. The topological polar surface area (TPSA) is 311 Å². The Hall–Kier alpha value is -2.85. The second kappa shape index (κ2) is 20.7. The van der Waals surface area contributed by atoms with Crippen molar-refractivity contribution in [3.63, 3.8) is 0 Å². The molecule has 0 aromatic heterocycles. The first-order valence-electron chi connectivity index (χ1n) is 10.1. The van der Waals surface area contributed by atoms with E-state index < -0.39 is 66.5 Å². The SMILES string of the molecule is CC(C)C(N)C(=O)O.CC(O)C(N)C(=O)O.CCC(C)C(N)C(=O)O.NC(CC(=O)O)C(=O)O. The number of aliphatic carboxylic acids is 5. The predicted octanol–water partition coefficient (Wildman–Crippen LogP) is -1.85. The fourth-order valence-electron chi connectivity index (χ4n) is 1.26. The van der Waals surface area contributed by atoms with Gasteiger partial charge in [-0.25, -0.2) is 0 Å². The molecule has 0 aliphatic rings. The van der Waals surface area contributed by atoms with Gasteiger partial charge in [0.1, 0.15) is 24.2 Å². The quantitative estimate of drug-likeness (QED) is 0.157. The Bertz CT molecular complexity index is 605. The third-order valence-corrected chi connectivity index (χ3v) is 4.06. The van der Waals surface area contributed by atoms with Crippen LogP contribution in [0.5, 0.6) is 0 Å². The van der Waals surface area contributed by atoms with E-state index >= 15 is 0 Å². The number of carboxylic acid groups (broad SMARTS) is 5. The van der Waals surface area contributed by atoms with Gasteiger partial charge in [0.25, 0.3) is 0 Å². The van der Waals surface area contributed by atoms with E-state index in [1.165, 1.54) is 6.92 Å². The molecule has 0 aromatic rings. The van der Waals surface area contributed by atoms with Crippen molar-refractivity contribution in [2.75, 3.05) is 0 Å². The molecule has 0 aliphatic carbocycles. The van der Waals surface area contributed by atoms with Gasteiger partial charge in [-0.05, 0) is 18.8 Å². The first kappa shape index (κ1) is 38.4. The van der Waals surface area contributed by atoms with Crippen molar-refractivity contribution in [1.82, 2.24) is 0 Å². The van der Waals surface area contributed by atoms with Gasteiger partial charge in [0.05, 0.1) is 12.5 Å². The van der Waals surface area contributed by atoms with Crippen molar-refractivity contribution < 1.29 is 54.6 Å². The highest BCUT2D eigenvalue weighted by atomic mass is 16.4. The van der Waals surface area contributed by atoms with E-state index in [0.717, 1.165) is 6.42 Å². The fraction of sp³-hybridized carbons (Fsp3) is 0.737. The van der Waals surface area contributed by atoms with Crippen LogP contribution in [0.25, 0.3) is 0 Å². The van der Waals surface area contributed by atoms with Crippen molar-refractivity contribution in [1.29, 1.82) is 0 Å². The summed E-state index contributed by atoms with van der Waals surface area (Å²) in [5.41, 5.74) is 20.2. The molecule has 0 radical (unpaired) electrons. The molecule has 0 spiro atoms. The zero-order valence-electron chi connectivity index (χ0n) is 20.0. The molecule has 0 saturated carbocycles. The lowest BCUT2D eigenvalue weighted by molar-refractivity contribution is -0.144. The summed E-state index contributed by atoms with van der Waals surface area (Å²) in [4.78, 5) is 49.7. The van der Waals surface area contributed by atoms with Gasteiger partial charge in [0.2, 0.25) is 0 Å². The normalized spacial score (nSPS) is 15.1. The van der Waals surface area contributed by atoms with Gasteiger partial charge < -0.3 is 53.6 Å². The molecule has 0 fully saturated rings. The van der Waals surface area contributed by atoms with Gasteiger partial charge in [0, 0.05) is 0 Å². The van der Waals surface area contributed by atoms with Crippen molar-refractivity contribution in [3.05, 3.63) is 0 Å². The maximum absolute atomic E-state index is 10.2. The second-order valence-corrected chi connectivity index (χ2v) is 7.50. The van der Waals surface area contributed by atoms with Crippen LogP contribution in [-0.2, 0) is 24.0 Å². The summed E-state index contributed by atoms with van der Waals surface area (Å²) in [5, 5.41) is 49.2. The molecule has 0 amide bonds. The Balaban J connectivity index is -0.000000177. The number of carboxylic acids is 5. The van der Waals surface area contributed by atoms with E-state index in [-0.39, 0.29) is 11.8 Å². The number of nitrogens with two attached hydrogens (primary N) is 4. The molecule has 0 bridgehead atoms. The summed E-state index contributed by atoms with van der Waals surface area (Å²) in [6, 6.07) is -3.86. The number of carbonyl (C=O) groups is 5. The highest BCUT2D eigenvalue weighted by molar-refractivity contribution is 5.80. The van der Waals surface area contributed by atoms with Gasteiger partial charge >= 0.3 is 29.8 Å². The molecule has 15 heteroatoms. The lowest BCUT2D eigenvalue weighted by Crippen LogP contribution is -2.39. The summed E-state index contributed by atoms with van der Waals surface area (Å²) in [6.07, 6.45) is -0.699. The maximum Gasteiger partial charge on any atom is 0.323 e. The van der Waals surface area contributed by atoms with Crippen molar-refractivity contribution in [2.45, 2.75) is 77.7 Å². The summed E-state index contributed by atoms with van der Waals surface area (Å²) in [5.74, 6) is -5.43. The van der Waals surface area contributed by atoms with Gasteiger partial charge in [0.15, 0.2) is 0 Å². The van der Waals surface area contributed by atoms with Gasteiger partial charge in [-0.15, -0.1) is 0 Å². The third-order valence-electron chi connectivity index (χ3n) is 4.06.